The zero-order valence-electron chi connectivity index (χ0n) is 11.6. The molecule has 0 radical (unpaired) electrons. The van der Waals surface area contributed by atoms with Gasteiger partial charge in [-0.05, 0) is 36.1 Å². The molecule has 2 atom stereocenters. The molecule has 1 aliphatic carbocycles. The van der Waals surface area contributed by atoms with Crippen LogP contribution in [0.15, 0.2) is 22.7 Å². The van der Waals surface area contributed by atoms with E-state index in [9.17, 15) is 9.59 Å². The first-order valence-electron chi connectivity index (χ1n) is 6.65. The Morgan fingerprint density at radius 1 is 1.45 bits per heavy atom. The molecular formula is C15H16BrNO3. The van der Waals surface area contributed by atoms with Gasteiger partial charge in [0.1, 0.15) is 0 Å². The molecule has 0 saturated heterocycles. The van der Waals surface area contributed by atoms with Crippen LogP contribution < -0.4 is 5.32 Å². The summed E-state index contributed by atoms with van der Waals surface area (Å²) in [4.78, 5) is 24.7. The number of nitrogens with one attached hydrogen (secondary N) is 1. The third-order valence-corrected chi connectivity index (χ3v) is 5.12. The van der Waals surface area contributed by atoms with Crippen LogP contribution in [-0.2, 0) is 19.7 Å². The number of ether oxygens (including phenoxy) is 1. The summed E-state index contributed by atoms with van der Waals surface area (Å²) in [6.45, 7) is 6.00. The smallest absolute Gasteiger partial charge is 0.310 e. The topological polar surface area (TPSA) is 55.4 Å². The molecule has 5 heteroatoms. The van der Waals surface area contributed by atoms with Gasteiger partial charge in [-0.3, -0.25) is 9.59 Å². The Balaban J connectivity index is 2.12. The molecule has 1 heterocycles. The Kier molecular flexibility index (Phi) is 2.77. The lowest BCUT2D eigenvalue weighted by molar-refractivity contribution is -0.146. The Bertz CT molecular complexity index is 626. The normalized spacial score (nSPS) is 29.0. The average Bonchev–Trinajstić information content (AvgIpc) is 2.76. The lowest BCUT2D eigenvalue weighted by Crippen LogP contribution is -2.26. The highest BCUT2D eigenvalue weighted by Crippen LogP contribution is 2.73. The summed E-state index contributed by atoms with van der Waals surface area (Å²) in [5.74, 6) is -0.820. The van der Waals surface area contributed by atoms with Crippen molar-refractivity contribution in [1.29, 1.82) is 0 Å². The van der Waals surface area contributed by atoms with Crippen molar-refractivity contribution in [3.05, 3.63) is 28.2 Å². The van der Waals surface area contributed by atoms with E-state index in [0.29, 0.717) is 6.61 Å². The third-order valence-electron chi connectivity index (χ3n) is 4.62. The minimum Gasteiger partial charge on any atom is -0.466 e. The molecule has 1 fully saturated rings. The Hall–Kier alpha value is -1.36. The Morgan fingerprint density at radius 3 is 2.80 bits per heavy atom. The highest BCUT2D eigenvalue weighted by Gasteiger charge is 2.81. The summed E-state index contributed by atoms with van der Waals surface area (Å²) in [5.41, 5.74) is 0.450. The molecule has 2 aliphatic rings. The second kappa shape index (κ2) is 4.07. The Labute approximate surface area is 126 Å². The van der Waals surface area contributed by atoms with E-state index in [1.54, 1.807) is 6.92 Å². The van der Waals surface area contributed by atoms with Gasteiger partial charge in [-0.15, -0.1) is 0 Å². The number of esters is 1. The van der Waals surface area contributed by atoms with Gasteiger partial charge < -0.3 is 10.1 Å². The molecule has 0 bridgehead atoms. The second-order valence-electron chi connectivity index (χ2n) is 5.86. The standard InChI is InChI=1S/C15H16BrNO3/c1-4-20-12(18)11-14(2,3)15(11)9-7-8(16)5-6-10(9)17-13(15)19/h5-7,11H,4H2,1-3H3,(H,17,19)/t11-,15+/m1/s1. The van der Waals surface area contributed by atoms with Crippen LogP contribution in [0.2, 0.25) is 0 Å². The van der Waals surface area contributed by atoms with Crippen molar-refractivity contribution >= 4 is 33.5 Å². The molecular weight excluding hydrogens is 322 g/mol. The minimum absolute atomic E-state index is 0.103. The van der Waals surface area contributed by atoms with Crippen LogP contribution in [-0.4, -0.2) is 18.5 Å². The summed E-state index contributed by atoms with van der Waals surface area (Å²) in [7, 11) is 0. The van der Waals surface area contributed by atoms with E-state index in [1.165, 1.54) is 0 Å². The number of hydrogen-bond donors (Lipinski definition) is 1. The largest absolute Gasteiger partial charge is 0.466 e. The van der Waals surface area contributed by atoms with Crippen molar-refractivity contribution < 1.29 is 14.3 Å². The number of carbonyl (C=O) groups excluding carboxylic acids is 2. The van der Waals surface area contributed by atoms with Gasteiger partial charge >= 0.3 is 5.97 Å². The van der Waals surface area contributed by atoms with Gasteiger partial charge in [0.2, 0.25) is 5.91 Å². The van der Waals surface area contributed by atoms with Gasteiger partial charge in [0.15, 0.2) is 0 Å². The predicted octanol–water partition coefficient (Wildman–Crippen LogP) is 2.86. The quantitative estimate of drug-likeness (QED) is 0.844. The van der Waals surface area contributed by atoms with Crippen LogP contribution in [0.4, 0.5) is 5.69 Å². The first kappa shape index (κ1) is 13.6. The maximum Gasteiger partial charge on any atom is 0.310 e. The predicted molar refractivity (Wildman–Crippen MR) is 78.4 cm³/mol. The van der Waals surface area contributed by atoms with Crippen molar-refractivity contribution in [2.75, 3.05) is 11.9 Å². The number of anilines is 1. The summed E-state index contributed by atoms with van der Waals surface area (Å²) < 4.78 is 6.05. The van der Waals surface area contributed by atoms with Crippen LogP contribution in [0.1, 0.15) is 26.3 Å². The monoisotopic (exact) mass is 337 g/mol. The lowest BCUT2D eigenvalue weighted by atomic mass is 9.89. The van der Waals surface area contributed by atoms with E-state index in [-0.39, 0.29) is 11.9 Å². The van der Waals surface area contributed by atoms with Crippen LogP contribution in [0.3, 0.4) is 0 Å². The second-order valence-corrected chi connectivity index (χ2v) is 6.77. The molecule has 0 unspecified atom stereocenters. The molecule has 3 rings (SSSR count). The molecule has 1 saturated carbocycles. The molecule has 106 valence electrons. The van der Waals surface area contributed by atoms with Crippen molar-refractivity contribution in [2.45, 2.75) is 26.2 Å². The fourth-order valence-corrected chi connectivity index (χ4v) is 4.04. The van der Waals surface area contributed by atoms with Crippen molar-refractivity contribution in [3.8, 4) is 0 Å². The van der Waals surface area contributed by atoms with Crippen molar-refractivity contribution in [2.24, 2.45) is 11.3 Å². The van der Waals surface area contributed by atoms with E-state index in [0.717, 1.165) is 15.7 Å². The fourth-order valence-electron chi connectivity index (χ4n) is 3.68. The fraction of sp³-hybridized carbons (Fsp3) is 0.467. The number of amides is 1. The highest BCUT2D eigenvalue weighted by molar-refractivity contribution is 9.10. The van der Waals surface area contributed by atoms with E-state index in [1.807, 2.05) is 32.0 Å². The molecule has 1 aromatic carbocycles. The third kappa shape index (κ3) is 1.41. The molecule has 1 amide bonds. The lowest BCUT2D eigenvalue weighted by Gasteiger charge is -2.11. The molecule has 1 aromatic rings. The van der Waals surface area contributed by atoms with Gasteiger partial charge in [-0.1, -0.05) is 29.8 Å². The zero-order valence-corrected chi connectivity index (χ0v) is 13.2. The summed E-state index contributed by atoms with van der Waals surface area (Å²) in [6, 6.07) is 5.67. The molecule has 1 N–H and O–H groups in total. The van der Waals surface area contributed by atoms with Gasteiger partial charge in [-0.2, -0.15) is 0 Å². The SMILES string of the molecule is CCOC(=O)[C@@H]1C(C)(C)[C@]12C(=O)Nc1ccc(Br)cc12. The summed E-state index contributed by atoms with van der Waals surface area (Å²) >= 11 is 3.43. The van der Waals surface area contributed by atoms with Gasteiger partial charge in [-0.25, -0.2) is 0 Å². The number of benzene rings is 1. The molecule has 0 aromatic heterocycles. The average molecular weight is 338 g/mol. The molecule has 1 spiro atoms. The first-order chi connectivity index (χ1) is 9.37. The number of rotatable bonds is 2. The molecule has 4 nitrogen and oxygen atoms in total. The van der Waals surface area contributed by atoms with E-state index in [4.69, 9.17) is 4.74 Å². The van der Waals surface area contributed by atoms with E-state index in [2.05, 4.69) is 21.2 Å². The minimum atomic E-state index is -0.793. The number of fused-ring (bicyclic) bond motifs is 2. The van der Waals surface area contributed by atoms with Crippen molar-refractivity contribution in [1.82, 2.24) is 0 Å². The highest BCUT2D eigenvalue weighted by atomic mass is 79.9. The first-order valence-corrected chi connectivity index (χ1v) is 7.44. The van der Waals surface area contributed by atoms with Gasteiger partial charge in [0.05, 0.1) is 17.9 Å². The van der Waals surface area contributed by atoms with Crippen LogP contribution in [0.5, 0.6) is 0 Å². The van der Waals surface area contributed by atoms with E-state index < -0.39 is 16.7 Å². The maximum atomic E-state index is 12.5. The number of hydrogen-bond acceptors (Lipinski definition) is 3. The maximum absolute atomic E-state index is 12.5. The number of halogens is 1. The molecule has 20 heavy (non-hydrogen) atoms. The number of carbonyl (C=O) groups is 2. The van der Waals surface area contributed by atoms with Crippen LogP contribution >= 0.6 is 15.9 Å². The summed E-state index contributed by atoms with van der Waals surface area (Å²) in [6.07, 6.45) is 0. The zero-order chi connectivity index (χ0) is 14.7. The van der Waals surface area contributed by atoms with Crippen molar-refractivity contribution in [3.63, 3.8) is 0 Å². The van der Waals surface area contributed by atoms with Crippen LogP contribution in [0.25, 0.3) is 0 Å². The molecule has 1 aliphatic heterocycles. The Morgan fingerprint density at radius 2 is 2.15 bits per heavy atom. The van der Waals surface area contributed by atoms with Gasteiger partial charge in [0, 0.05) is 10.2 Å². The van der Waals surface area contributed by atoms with Gasteiger partial charge in [0.25, 0.3) is 0 Å². The van der Waals surface area contributed by atoms with Crippen LogP contribution in [0, 0.1) is 11.3 Å². The summed E-state index contributed by atoms with van der Waals surface area (Å²) in [5, 5.41) is 2.89. The van der Waals surface area contributed by atoms with E-state index >= 15 is 0 Å².